The summed E-state index contributed by atoms with van der Waals surface area (Å²) in [5.41, 5.74) is 0. The van der Waals surface area contributed by atoms with Crippen molar-refractivity contribution in [1.29, 1.82) is 0 Å². The molecule has 0 radical (unpaired) electrons. The zero-order chi connectivity index (χ0) is 9.24. The summed E-state index contributed by atoms with van der Waals surface area (Å²) < 4.78 is 54.2. The molecular weight excluding hydrogens is 196 g/mol. The minimum atomic E-state index is -4.47. The molecule has 0 aliphatic carbocycles. The molecule has 7 heteroatoms. The van der Waals surface area contributed by atoms with Gasteiger partial charge in [-0.25, -0.2) is 0 Å². The quantitative estimate of drug-likeness (QED) is 0.644. The molecule has 70 valence electrons. The molecule has 0 spiro atoms. The van der Waals surface area contributed by atoms with Crippen LogP contribution < -0.4 is 0 Å². The van der Waals surface area contributed by atoms with Gasteiger partial charge in [-0.2, -0.15) is 13.2 Å². The van der Waals surface area contributed by atoms with Gasteiger partial charge in [0.1, 0.15) is 0 Å². The van der Waals surface area contributed by atoms with Crippen molar-refractivity contribution in [2.75, 3.05) is 13.2 Å². The highest BCUT2D eigenvalue weighted by molar-refractivity contribution is 7.57. The van der Waals surface area contributed by atoms with Crippen molar-refractivity contribution in [3.63, 3.8) is 0 Å². The summed E-state index contributed by atoms with van der Waals surface area (Å²) in [5, 5.41) is 0. The van der Waals surface area contributed by atoms with Crippen molar-refractivity contribution in [1.82, 2.24) is 0 Å². The molecular formula is C5H6F3O3P. The largest absolute Gasteiger partial charge is 0.412 e. The first-order valence-electron chi connectivity index (χ1n) is 3.05. The predicted octanol–water partition coefficient (Wildman–Crippen LogP) is 2.30. The third kappa shape index (κ3) is 2.97. The van der Waals surface area contributed by atoms with Gasteiger partial charge in [0.25, 0.3) is 0 Å². The zero-order valence-electron chi connectivity index (χ0n) is 5.87. The van der Waals surface area contributed by atoms with Gasteiger partial charge in [-0.15, -0.1) is 0 Å². The van der Waals surface area contributed by atoms with Crippen LogP contribution >= 0.6 is 7.60 Å². The first kappa shape index (κ1) is 9.77. The summed E-state index contributed by atoms with van der Waals surface area (Å²) in [5.74, 6) is 1.03. The van der Waals surface area contributed by atoms with Crippen LogP contribution in [0.1, 0.15) is 0 Å². The van der Waals surface area contributed by atoms with E-state index in [0.717, 1.165) is 5.82 Å². The molecule has 0 aromatic carbocycles. The van der Waals surface area contributed by atoms with E-state index in [2.05, 4.69) is 9.05 Å². The standard InChI is InChI=1S/C5H6F3O3P/c6-5(7,8)4-11-12(9)3-1-2-10-12/h1,3H,2,4H2. The van der Waals surface area contributed by atoms with Crippen LogP contribution in [0.2, 0.25) is 0 Å². The summed E-state index contributed by atoms with van der Waals surface area (Å²) in [4.78, 5) is 0. The second-order valence-corrected chi connectivity index (χ2v) is 4.00. The average molecular weight is 202 g/mol. The molecule has 1 rings (SSSR count). The summed E-state index contributed by atoms with van der Waals surface area (Å²) >= 11 is 0. The molecule has 3 nitrogen and oxygen atoms in total. The Morgan fingerprint density at radius 3 is 2.67 bits per heavy atom. The lowest BCUT2D eigenvalue weighted by Crippen LogP contribution is -2.15. The Hall–Kier alpha value is -0.320. The highest BCUT2D eigenvalue weighted by Gasteiger charge is 2.34. The lowest BCUT2D eigenvalue weighted by Gasteiger charge is -2.11. The van der Waals surface area contributed by atoms with E-state index in [1.165, 1.54) is 6.08 Å². The second-order valence-electron chi connectivity index (χ2n) is 2.11. The third-order valence-electron chi connectivity index (χ3n) is 1.05. The van der Waals surface area contributed by atoms with Gasteiger partial charge in [0, 0.05) is 5.82 Å². The van der Waals surface area contributed by atoms with Gasteiger partial charge >= 0.3 is 13.8 Å². The van der Waals surface area contributed by atoms with Gasteiger partial charge in [-0.3, -0.25) is 9.09 Å². The maximum Gasteiger partial charge on any atom is 0.412 e. The van der Waals surface area contributed by atoms with Gasteiger partial charge in [-0.05, 0) is 0 Å². The fourth-order valence-corrected chi connectivity index (χ4v) is 1.82. The van der Waals surface area contributed by atoms with Crippen molar-refractivity contribution in [3.8, 4) is 0 Å². The molecule has 0 aromatic heterocycles. The smallest absolute Gasteiger partial charge is 0.301 e. The SMILES string of the molecule is O=P1(OCC(F)(F)F)C=CCO1. The zero-order valence-corrected chi connectivity index (χ0v) is 6.77. The molecule has 0 fully saturated rings. The number of rotatable bonds is 2. The molecule has 0 N–H and O–H groups in total. The average Bonchev–Trinajstić information content (AvgIpc) is 2.32. The van der Waals surface area contributed by atoms with E-state index in [1.807, 2.05) is 0 Å². The summed E-state index contributed by atoms with van der Waals surface area (Å²) in [7, 11) is -3.57. The van der Waals surface area contributed by atoms with Crippen LogP contribution in [0.15, 0.2) is 11.9 Å². The van der Waals surface area contributed by atoms with Gasteiger partial charge in [0.15, 0.2) is 6.61 Å². The number of hydrogen-bond donors (Lipinski definition) is 0. The molecule has 12 heavy (non-hydrogen) atoms. The van der Waals surface area contributed by atoms with E-state index in [1.54, 1.807) is 0 Å². The molecule has 0 bridgehead atoms. The van der Waals surface area contributed by atoms with Crippen molar-refractivity contribution in [2.45, 2.75) is 6.18 Å². The maximum absolute atomic E-state index is 11.6. The van der Waals surface area contributed by atoms with Crippen LogP contribution in [0.25, 0.3) is 0 Å². The number of halogens is 3. The van der Waals surface area contributed by atoms with Crippen LogP contribution in [0, 0.1) is 0 Å². The molecule has 0 amide bonds. The lowest BCUT2D eigenvalue weighted by molar-refractivity contribution is -0.154. The van der Waals surface area contributed by atoms with E-state index >= 15 is 0 Å². The molecule has 1 aliphatic rings. The fourth-order valence-electron chi connectivity index (χ4n) is 0.606. The van der Waals surface area contributed by atoms with Gasteiger partial charge in [-0.1, -0.05) is 6.08 Å². The van der Waals surface area contributed by atoms with Crippen LogP contribution in [-0.4, -0.2) is 19.4 Å². The van der Waals surface area contributed by atoms with E-state index in [0.29, 0.717) is 0 Å². The Morgan fingerprint density at radius 2 is 2.25 bits per heavy atom. The highest BCUT2D eigenvalue weighted by atomic mass is 31.2. The predicted molar refractivity (Wildman–Crippen MR) is 34.7 cm³/mol. The molecule has 1 atom stereocenters. The Balaban J connectivity index is 2.42. The van der Waals surface area contributed by atoms with Crippen molar-refractivity contribution in [3.05, 3.63) is 11.9 Å². The van der Waals surface area contributed by atoms with Crippen LogP contribution in [0.5, 0.6) is 0 Å². The summed E-state index contributed by atoms with van der Waals surface area (Å²) in [6.45, 7) is -1.51. The summed E-state index contributed by atoms with van der Waals surface area (Å²) in [6, 6.07) is 0. The Bertz CT molecular complexity index is 235. The molecule has 0 saturated heterocycles. The molecule has 1 heterocycles. The van der Waals surface area contributed by atoms with Crippen molar-refractivity contribution < 1.29 is 26.8 Å². The first-order chi connectivity index (χ1) is 5.41. The minimum Gasteiger partial charge on any atom is -0.301 e. The van der Waals surface area contributed by atoms with Gasteiger partial charge in [0.2, 0.25) is 0 Å². The summed E-state index contributed by atoms with van der Waals surface area (Å²) in [6.07, 6.45) is -3.12. The van der Waals surface area contributed by atoms with Gasteiger partial charge in [0.05, 0.1) is 6.61 Å². The Morgan fingerprint density at radius 1 is 1.58 bits per heavy atom. The van der Waals surface area contributed by atoms with Crippen molar-refractivity contribution in [2.24, 2.45) is 0 Å². The molecule has 1 unspecified atom stereocenters. The maximum atomic E-state index is 11.6. The fraction of sp³-hybridized carbons (Fsp3) is 0.600. The number of alkyl halides is 3. The molecule has 0 aromatic rings. The topological polar surface area (TPSA) is 35.5 Å². The van der Waals surface area contributed by atoms with E-state index in [4.69, 9.17) is 0 Å². The molecule has 1 aliphatic heterocycles. The monoisotopic (exact) mass is 202 g/mol. The normalized spacial score (nSPS) is 29.6. The highest BCUT2D eigenvalue weighted by Crippen LogP contribution is 2.53. The lowest BCUT2D eigenvalue weighted by atomic mass is 10.7. The minimum absolute atomic E-state index is 0.0368. The van der Waals surface area contributed by atoms with Crippen LogP contribution in [0.3, 0.4) is 0 Å². The van der Waals surface area contributed by atoms with Crippen LogP contribution in [-0.2, 0) is 13.6 Å². The Kier molecular flexibility index (Phi) is 2.61. The second kappa shape index (κ2) is 3.20. The van der Waals surface area contributed by atoms with Gasteiger partial charge < -0.3 is 4.52 Å². The van der Waals surface area contributed by atoms with E-state index in [9.17, 15) is 17.7 Å². The third-order valence-corrected chi connectivity index (χ3v) is 2.62. The van der Waals surface area contributed by atoms with Crippen molar-refractivity contribution >= 4 is 7.60 Å². The van der Waals surface area contributed by atoms with E-state index in [-0.39, 0.29) is 6.61 Å². The first-order valence-corrected chi connectivity index (χ1v) is 4.66. The van der Waals surface area contributed by atoms with Crippen LogP contribution in [0.4, 0.5) is 13.2 Å². The van der Waals surface area contributed by atoms with E-state index < -0.39 is 20.4 Å². The Labute approximate surface area is 66.7 Å². The number of hydrogen-bond acceptors (Lipinski definition) is 3. The molecule has 0 saturated carbocycles.